The molecule has 0 fully saturated rings. The molecule has 0 amide bonds. The molecule has 2 rings (SSSR count). The molecule has 0 unspecified atom stereocenters. The van der Waals surface area contributed by atoms with E-state index in [0.29, 0.717) is 11.4 Å². The van der Waals surface area contributed by atoms with Crippen molar-refractivity contribution in [3.05, 3.63) is 34.2 Å². The van der Waals surface area contributed by atoms with Gasteiger partial charge >= 0.3 is 0 Å². The second kappa shape index (κ2) is 6.85. The van der Waals surface area contributed by atoms with Crippen molar-refractivity contribution in [2.75, 3.05) is 19.0 Å². The van der Waals surface area contributed by atoms with Crippen LogP contribution in [-0.4, -0.2) is 23.6 Å². The number of methoxy groups -OCH3 is 1. The lowest BCUT2D eigenvalue weighted by Gasteiger charge is -2.11. The molecule has 0 saturated heterocycles. The molecule has 0 aliphatic heterocycles. The number of hydrogen-bond acceptors (Lipinski definition) is 4. The van der Waals surface area contributed by atoms with Gasteiger partial charge in [0.1, 0.15) is 5.82 Å². The van der Waals surface area contributed by atoms with E-state index in [1.807, 2.05) is 6.92 Å². The highest BCUT2D eigenvalue weighted by Crippen LogP contribution is 2.29. The van der Waals surface area contributed by atoms with Crippen LogP contribution in [0.5, 0.6) is 5.75 Å². The van der Waals surface area contributed by atoms with Gasteiger partial charge in [0.25, 0.3) is 0 Å². The molecule has 1 aromatic carbocycles. The molecular formula is C15H17BrFN3O. The first-order valence-electron chi connectivity index (χ1n) is 6.68. The average molecular weight is 354 g/mol. The number of aryl methyl sites for hydroxylation is 1. The van der Waals surface area contributed by atoms with Crippen LogP contribution in [0, 0.1) is 12.7 Å². The molecule has 0 saturated carbocycles. The fourth-order valence-corrected chi connectivity index (χ4v) is 2.17. The van der Waals surface area contributed by atoms with E-state index in [0.717, 1.165) is 29.0 Å². The molecule has 0 radical (unpaired) electrons. The number of rotatable bonds is 5. The molecule has 21 heavy (non-hydrogen) atoms. The van der Waals surface area contributed by atoms with Gasteiger partial charge in [-0.05, 0) is 47.5 Å². The summed E-state index contributed by atoms with van der Waals surface area (Å²) in [5.74, 6) is 1.05. The fourth-order valence-electron chi connectivity index (χ4n) is 1.85. The molecule has 1 aromatic heterocycles. The smallest absolute Gasteiger partial charge is 0.165 e. The van der Waals surface area contributed by atoms with E-state index < -0.39 is 5.82 Å². The quantitative estimate of drug-likeness (QED) is 0.875. The van der Waals surface area contributed by atoms with Crippen molar-refractivity contribution >= 4 is 21.7 Å². The zero-order chi connectivity index (χ0) is 15.4. The summed E-state index contributed by atoms with van der Waals surface area (Å²) >= 11 is 3.48. The number of benzene rings is 1. The van der Waals surface area contributed by atoms with Crippen LogP contribution < -0.4 is 10.1 Å². The van der Waals surface area contributed by atoms with E-state index >= 15 is 0 Å². The van der Waals surface area contributed by atoms with Crippen LogP contribution in [0.3, 0.4) is 0 Å². The zero-order valence-corrected chi connectivity index (χ0v) is 13.8. The van der Waals surface area contributed by atoms with E-state index in [2.05, 4.69) is 38.1 Å². The second-order valence-electron chi connectivity index (χ2n) is 4.57. The van der Waals surface area contributed by atoms with Crippen LogP contribution in [0.2, 0.25) is 0 Å². The minimum absolute atomic E-state index is 0.180. The number of nitrogens with zero attached hydrogens (tertiary/aromatic N) is 2. The van der Waals surface area contributed by atoms with Gasteiger partial charge in [0.2, 0.25) is 0 Å². The topological polar surface area (TPSA) is 47.0 Å². The minimum Gasteiger partial charge on any atom is -0.494 e. The Balaban J connectivity index is 2.46. The Morgan fingerprint density at radius 1 is 1.33 bits per heavy atom. The average Bonchev–Trinajstić information content (AvgIpc) is 2.49. The summed E-state index contributed by atoms with van der Waals surface area (Å²) in [6.07, 6.45) is 0.995. The van der Waals surface area contributed by atoms with Crippen molar-refractivity contribution in [3.63, 3.8) is 0 Å². The van der Waals surface area contributed by atoms with E-state index in [-0.39, 0.29) is 5.75 Å². The maximum absolute atomic E-state index is 13.5. The first-order valence-corrected chi connectivity index (χ1v) is 7.48. The predicted octanol–water partition coefficient (Wildman–Crippen LogP) is 4.18. The number of halogens is 2. The largest absolute Gasteiger partial charge is 0.494 e. The summed E-state index contributed by atoms with van der Waals surface area (Å²) in [4.78, 5) is 8.94. The van der Waals surface area contributed by atoms with Crippen LogP contribution in [0.15, 0.2) is 22.7 Å². The lowest BCUT2D eigenvalue weighted by atomic mass is 10.2. The summed E-state index contributed by atoms with van der Waals surface area (Å²) in [5.41, 5.74) is 1.53. The van der Waals surface area contributed by atoms with Gasteiger partial charge in [-0.2, -0.15) is 0 Å². The molecule has 0 atom stereocenters. The van der Waals surface area contributed by atoms with Gasteiger partial charge in [-0.25, -0.2) is 14.4 Å². The maximum atomic E-state index is 13.5. The molecule has 1 N–H and O–H groups in total. The van der Waals surface area contributed by atoms with E-state index in [9.17, 15) is 4.39 Å². The molecule has 4 nitrogen and oxygen atoms in total. The van der Waals surface area contributed by atoms with Crippen LogP contribution in [0.25, 0.3) is 11.4 Å². The first-order chi connectivity index (χ1) is 10.1. The molecule has 6 heteroatoms. The number of ether oxygens (including phenoxy) is 1. The summed E-state index contributed by atoms with van der Waals surface area (Å²) in [5, 5.41) is 3.25. The molecule has 2 aromatic rings. The van der Waals surface area contributed by atoms with Crippen molar-refractivity contribution in [1.82, 2.24) is 9.97 Å². The van der Waals surface area contributed by atoms with E-state index in [4.69, 9.17) is 4.74 Å². The predicted molar refractivity (Wildman–Crippen MR) is 85.2 cm³/mol. The molecule has 0 spiro atoms. The monoisotopic (exact) mass is 353 g/mol. The SMILES string of the molecule is CCCNc1nc(-c2ccc(F)c(OC)c2)nc(C)c1Br. The third kappa shape index (κ3) is 3.50. The van der Waals surface area contributed by atoms with E-state index in [1.165, 1.54) is 13.2 Å². The van der Waals surface area contributed by atoms with Crippen LogP contribution >= 0.6 is 15.9 Å². The van der Waals surface area contributed by atoms with E-state index in [1.54, 1.807) is 12.1 Å². The van der Waals surface area contributed by atoms with Crippen LogP contribution in [0.1, 0.15) is 19.0 Å². The lowest BCUT2D eigenvalue weighted by molar-refractivity contribution is 0.387. The Hall–Kier alpha value is -1.69. The lowest BCUT2D eigenvalue weighted by Crippen LogP contribution is -2.06. The first kappa shape index (κ1) is 15.7. The second-order valence-corrected chi connectivity index (χ2v) is 5.36. The van der Waals surface area contributed by atoms with Crippen molar-refractivity contribution in [3.8, 4) is 17.1 Å². The van der Waals surface area contributed by atoms with Crippen molar-refractivity contribution < 1.29 is 9.13 Å². The number of anilines is 1. The molecule has 0 aliphatic carbocycles. The van der Waals surface area contributed by atoms with Gasteiger partial charge in [0.05, 0.1) is 17.3 Å². The zero-order valence-electron chi connectivity index (χ0n) is 12.2. The molecule has 112 valence electrons. The van der Waals surface area contributed by atoms with Gasteiger partial charge in [0, 0.05) is 12.1 Å². The van der Waals surface area contributed by atoms with Crippen LogP contribution in [-0.2, 0) is 0 Å². The summed E-state index contributed by atoms with van der Waals surface area (Å²) in [6, 6.07) is 4.60. The normalized spacial score (nSPS) is 10.5. The standard InChI is InChI=1S/C15H17BrFN3O/c1-4-7-18-15-13(16)9(2)19-14(20-15)10-5-6-11(17)12(8-10)21-3/h5-6,8H,4,7H2,1-3H3,(H,18,19,20). The third-order valence-electron chi connectivity index (χ3n) is 2.97. The van der Waals surface area contributed by atoms with Gasteiger partial charge in [-0.1, -0.05) is 6.92 Å². The number of aromatic nitrogens is 2. The van der Waals surface area contributed by atoms with Gasteiger partial charge in [-0.15, -0.1) is 0 Å². The number of nitrogens with one attached hydrogen (secondary N) is 1. The highest BCUT2D eigenvalue weighted by Gasteiger charge is 2.12. The van der Waals surface area contributed by atoms with Gasteiger partial charge < -0.3 is 10.1 Å². The Labute approximate surface area is 131 Å². The molecule has 0 aliphatic rings. The van der Waals surface area contributed by atoms with Gasteiger partial charge in [0.15, 0.2) is 17.4 Å². The Morgan fingerprint density at radius 2 is 2.10 bits per heavy atom. The molecule has 0 bridgehead atoms. The summed E-state index contributed by atoms with van der Waals surface area (Å²) in [6.45, 7) is 4.80. The summed E-state index contributed by atoms with van der Waals surface area (Å²) in [7, 11) is 1.43. The van der Waals surface area contributed by atoms with Crippen molar-refractivity contribution in [2.24, 2.45) is 0 Å². The van der Waals surface area contributed by atoms with Crippen molar-refractivity contribution in [2.45, 2.75) is 20.3 Å². The third-order valence-corrected chi connectivity index (χ3v) is 3.92. The maximum Gasteiger partial charge on any atom is 0.165 e. The molecule has 1 heterocycles. The highest BCUT2D eigenvalue weighted by atomic mass is 79.9. The highest BCUT2D eigenvalue weighted by molar-refractivity contribution is 9.10. The Bertz CT molecular complexity index is 649. The Morgan fingerprint density at radius 3 is 2.76 bits per heavy atom. The molecular weight excluding hydrogens is 337 g/mol. The Kier molecular flexibility index (Phi) is 5.12. The fraction of sp³-hybridized carbons (Fsp3) is 0.333. The number of hydrogen-bond donors (Lipinski definition) is 1. The summed E-state index contributed by atoms with van der Waals surface area (Å²) < 4.78 is 19.3. The van der Waals surface area contributed by atoms with Gasteiger partial charge in [-0.3, -0.25) is 0 Å². The van der Waals surface area contributed by atoms with Crippen LogP contribution in [0.4, 0.5) is 10.2 Å². The minimum atomic E-state index is -0.403. The van der Waals surface area contributed by atoms with Crippen molar-refractivity contribution in [1.29, 1.82) is 0 Å².